The minimum Gasteiger partial charge on any atom is -0.396 e. The lowest BCUT2D eigenvalue weighted by atomic mass is 10.1. The number of benzene rings is 1. The highest BCUT2D eigenvalue weighted by molar-refractivity contribution is 7.09. The van der Waals surface area contributed by atoms with E-state index in [9.17, 15) is 14.0 Å². The molecule has 1 atom stereocenters. The van der Waals surface area contributed by atoms with Crippen molar-refractivity contribution in [1.29, 1.82) is 0 Å². The second-order valence-corrected chi connectivity index (χ2v) is 8.62. The maximum atomic E-state index is 13.5. The van der Waals surface area contributed by atoms with Gasteiger partial charge >= 0.3 is 6.03 Å². The normalized spacial score (nSPS) is 11.8. The Morgan fingerprint density at radius 3 is 2.58 bits per heavy atom. The van der Waals surface area contributed by atoms with Crippen molar-refractivity contribution in [1.82, 2.24) is 15.2 Å². The van der Waals surface area contributed by atoms with Crippen LogP contribution in [0.3, 0.4) is 0 Å². The molecule has 1 unspecified atom stereocenters. The number of nitrogens with one attached hydrogen (secondary N) is 3. The maximum Gasteiger partial charge on any atom is 0.319 e. The number of halogens is 1. The SMILES string of the molecule is Cc1cc(NC(=O)NC(CCN(C)C)c2ccc(C(=O)Nc3cscc3N)nc2)ccc1F. The summed E-state index contributed by atoms with van der Waals surface area (Å²) in [5, 5.41) is 11.9. The average Bonchev–Trinajstić information content (AvgIpc) is 3.18. The summed E-state index contributed by atoms with van der Waals surface area (Å²) in [5.74, 6) is -0.699. The number of carbonyl (C=O) groups is 2. The molecule has 5 N–H and O–H groups in total. The minimum atomic E-state index is -0.417. The monoisotopic (exact) mass is 470 g/mol. The van der Waals surface area contributed by atoms with Crippen LogP contribution in [0.5, 0.6) is 0 Å². The fourth-order valence-corrected chi connectivity index (χ4v) is 3.77. The van der Waals surface area contributed by atoms with Gasteiger partial charge in [-0.1, -0.05) is 6.07 Å². The van der Waals surface area contributed by atoms with Crippen LogP contribution >= 0.6 is 11.3 Å². The molecule has 2 aromatic heterocycles. The molecule has 0 radical (unpaired) electrons. The van der Waals surface area contributed by atoms with Gasteiger partial charge in [0.05, 0.1) is 17.4 Å². The van der Waals surface area contributed by atoms with Crippen LogP contribution in [-0.4, -0.2) is 42.5 Å². The minimum absolute atomic E-state index is 0.238. The number of pyridine rings is 1. The Kier molecular flexibility index (Phi) is 7.96. The van der Waals surface area contributed by atoms with Gasteiger partial charge in [0, 0.05) is 22.6 Å². The predicted molar refractivity (Wildman–Crippen MR) is 130 cm³/mol. The number of rotatable bonds is 8. The zero-order valence-electron chi connectivity index (χ0n) is 18.7. The van der Waals surface area contributed by atoms with E-state index >= 15 is 0 Å². The molecule has 33 heavy (non-hydrogen) atoms. The lowest BCUT2D eigenvalue weighted by molar-refractivity contribution is 0.102. The molecule has 0 fully saturated rings. The molecule has 3 amide bonds. The molecule has 10 heteroatoms. The third-order valence-corrected chi connectivity index (χ3v) is 5.71. The van der Waals surface area contributed by atoms with Crippen molar-refractivity contribution >= 4 is 40.3 Å². The van der Waals surface area contributed by atoms with E-state index in [0.29, 0.717) is 29.0 Å². The zero-order chi connectivity index (χ0) is 24.0. The van der Waals surface area contributed by atoms with E-state index in [2.05, 4.69) is 20.9 Å². The van der Waals surface area contributed by atoms with Crippen molar-refractivity contribution in [2.75, 3.05) is 37.0 Å². The molecule has 0 aliphatic rings. The summed E-state index contributed by atoms with van der Waals surface area (Å²) in [5.41, 5.74) is 8.80. The fourth-order valence-electron chi connectivity index (χ4n) is 3.10. The van der Waals surface area contributed by atoms with Gasteiger partial charge in [-0.2, -0.15) is 0 Å². The van der Waals surface area contributed by atoms with Crippen molar-refractivity contribution in [2.24, 2.45) is 0 Å². The lowest BCUT2D eigenvalue weighted by Gasteiger charge is -2.21. The summed E-state index contributed by atoms with van der Waals surface area (Å²) in [4.78, 5) is 31.3. The molecule has 3 rings (SSSR count). The van der Waals surface area contributed by atoms with E-state index < -0.39 is 6.03 Å². The summed E-state index contributed by atoms with van der Waals surface area (Å²) >= 11 is 1.40. The van der Waals surface area contributed by atoms with Gasteiger partial charge in [0.15, 0.2) is 0 Å². The summed E-state index contributed by atoms with van der Waals surface area (Å²) in [6.45, 7) is 2.36. The van der Waals surface area contributed by atoms with Crippen LogP contribution in [0.4, 0.5) is 26.2 Å². The van der Waals surface area contributed by atoms with E-state index in [1.807, 2.05) is 19.0 Å². The van der Waals surface area contributed by atoms with Crippen molar-refractivity contribution in [2.45, 2.75) is 19.4 Å². The van der Waals surface area contributed by atoms with Gasteiger partial charge in [-0.25, -0.2) is 9.18 Å². The van der Waals surface area contributed by atoms with Crippen LogP contribution in [0.15, 0.2) is 47.3 Å². The number of carbonyl (C=O) groups excluding carboxylic acids is 2. The Bertz CT molecular complexity index is 1120. The van der Waals surface area contributed by atoms with Gasteiger partial charge in [0.2, 0.25) is 0 Å². The van der Waals surface area contributed by atoms with Crippen LogP contribution in [0.2, 0.25) is 0 Å². The number of nitrogen functional groups attached to an aromatic ring is 1. The van der Waals surface area contributed by atoms with Gasteiger partial charge in [-0.3, -0.25) is 9.78 Å². The quantitative estimate of drug-likeness (QED) is 0.393. The number of thiophene rings is 1. The first-order valence-electron chi connectivity index (χ1n) is 10.3. The molecule has 0 aliphatic heterocycles. The topological polar surface area (TPSA) is 112 Å². The number of urea groups is 1. The van der Waals surface area contributed by atoms with Crippen LogP contribution in [0, 0.1) is 12.7 Å². The lowest BCUT2D eigenvalue weighted by Crippen LogP contribution is -2.34. The second-order valence-electron chi connectivity index (χ2n) is 7.88. The first-order valence-corrected chi connectivity index (χ1v) is 11.2. The Hall–Kier alpha value is -3.50. The van der Waals surface area contributed by atoms with Gasteiger partial charge < -0.3 is 26.6 Å². The molecule has 0 bridgehead atoms. The molecule has 2 heterocycles. The highest BCUT2D eigenvalue weighted by atomic mass is 32.1. The Balaban J connectivity index is 1.70. The van der Waals surface area contributed by atoms with E-state index in [-0.39, 0.29) is 23.5 Å². The molecule has 8 nitrogen and oxygen atoms in total. The van der Waals surface area contributed by atoms with Crippen molar-refractivity contribution in [3.8, 4) is 0 Å². The van der Waals surface area contributed by atoms with E-state index in [0.717, 1.165) is 12.1 Å². The fraction of sp³-hybridized carbons (Fsp3) is 0.261. The summed E-state index contributed by atoms with van der Waals surface area (Å²) < 4.78 is 13.5. The molecule has 0 spiro atoms. The standard InChI is InChI=1S/C23H27FN6O2S/c1-14-10-16(5-6-17(14)24)27-23(32)29-19(8-9-30(2)3)15-4-7-20(26-11-15)22(31)28-21-13-33-12-18(21)25/h4-7,10-13,19H,8-9,25H2,1-3H3,(H,28,31)(H2,27,29,32). The number of amides is 3. The summed E-state index contributed by atoms with van der Waals surface area (Å²) in [6, 6.07) is 7.00. The number of aryl methyl sites for hydroxylation is 1. The van der Waals surface area contributed by atoms with Gasteiger partial charge in [-0.15, -0.1) is 11.3 Å². The van der Waals surface area contributed by atoms with Crippen molar-refractivity contribution in [3.63, 3.8) is 0 Å². The van der Waals surface area contributed by atoms with Gasteiger partial charge in [0.1, 0.15) is 11.5 Å². The van der Waals surface area contributed by atoms with E-state index in [1.54, 1.807) is 42.1 Å². The van der Waals surface area contributed by atoms with Crippen LogP contribution < -0.4 is 21.7 Å². The number of nitrogens with zero attached hydrogens (tertiary/aromatic N) is 2. The number of hydrogen-bond acceptors (Lipinski definition) is 6. The Morgan fingerprint density at radius 2 is 1.97 bits per heavy atom. The number of nitrogens with two attached hydrogens (primary N) is 1. The molecule has 0 aliphatic carbocycles. The molecular weight excluding hydrogens is 443 g/mol. The summed E-state index contributed by atoms with van der Waals surface area (Å²) in [7, 11) is 3.89. The molecule has 174 valence electrons. The number of hydrogen-bond donors (Lipinski definition) is 4. The average molecular weight is 471 g/mol. The molecule has 0 saturated heterocycles. The molecular formula is C23H27FN6O2S. The predicted octanol–water partition coefficient (Wildman–Crippen LogP) is 4.24. The molecule has 3 aromatic rings. The van der Waals surface area contributed by atoms with Crippen LogP contribution in [-0.2, 0) is 0 Å². The van der Waals surface area contributed by atoms with Crippen LogP contribution in [0.25, 0.3) is 0 Å². The third kappa shape index (κ3) is 6.74. The largest absolute Gasteiger partial charge is 0.396 e. The van der Waals surface area contributed by atoms with E-state index in [1.165, 1.54) is 23.5 Å². The highest BCUT2D eigenvalue weighted by Gasteiger charge is 2.17. The first kappa shape index (κ1) is 24.1. The van der Waals surface area contributed by atoms with Crippen molar-refractivity contribution < 1.29 is 14.0 Å². The zero-order valence-corrected chi connectivity index (χ0v) is 19.5. The highest BCUT2D eigenvalue weighted by Crippen LogP contribution is 2.24. The molecule has 0 saturated carbocycles. The number of aromatic nitrogens is 1. The molecule has 1 aromatic carbocycles. The second kappa shape index (κ2) is 10.9. The summed E-state index contributed by atoms with van der Waals surface area (Å²) in [6.07, 6.45) is 2.20. The Labute approximate surface area is 196 Å². The van der Waals surface area contributed by atoms with Gasteiger partial charge in [-0.05, 0) is 69.4 Å². The number of anilines is 3. The third-order valence-electron chi connectivity index (χ3n) is 4.95. The van der Waals surface area contributed by atoms with Crippen LogP contribution in [0.1, 0.15) is 34.1 Å². The smallest absolute Gasteiger partial charge is 0.319 e. The maximum absolute atomic E-state index is 13.5. The van der Waals surface area contributed by atoms with E-state index in [4.69, 9.17) is 5.73 Å². The Morgan fingerprint density at radius 1 is 1.18 bits per heavy atom. The first-order chi connectivity index (χ1) is 15.7. The van der Waals surface area contributed by atoms with Gasteiger partial charge in [0.25, 0.3) is 5.91 Å². The van der Waals surface area contributed by atoms with Crippen molar-refractivity contribution in [3.05, 3.63) is 69.9 Å².